The maximum absolute atomic E-state index is 13.3. The van der Waals surface area contributed by atoms with Gasteiger partial charge in [0.2, 0.25) is 0 Å². The van der Waals surface area contributed by atoms with Gasteiger partial charge < -0.3 is 10.2 Å². The first-order valence-electron chi connectivity index (χ1n) is 6.76. The minimum Gasteiger partial charge on any atom is -0.382 e. The van der Waals surface area contributed by atoms with Crippen LogP contribution in [0.3, 0.4) is 0 Å². The summed E-state index contributed by atoms with van der Waals surface area (Å²) in [4.78, 5) is 2.24. The third-order valence-electron chi connectivity index (χ3n) is 3.61. The molecule has 2 nitrogen and oxygen atoms in total. The first-order chi connectivity index (χ1) is 9.74. The summed E-state index contributed by atoms with van der Waals surface area (Å²) in [6.45, 7) is 2.67. The standard InChI is InChI=1S/C16H16BrFN2/c17-14-3-1-2-4-15(14)19-8-10-20-9-7-12-5-6-13(18)11-16(12)20/h1-6,11,19H,7-10H2. The molecule has 0 aliphatic carbocycles. The molecule has 0 aromatic heterocycles. The third-order valence-corrected chi connectivity index (χ3v) is 4.30. The fourth-order valence-electron chi connectivity index (χ4n) is 2.58. The molecule has 0 atom stereocenters. The molecule has 0 fully saturated rings. The van der Waals surface area contributed by atoms with Crippen molar-refractivity contribution >= 4 is 27.3 Å². The van der Waals surface area contributed by atoms with Crippen LogP contribution in [0, 0.1) is 5.82 Å². The normalized spacial score (nSPS) is 13.4. The Morgan fingerprint density at radius 3 is 2.90 bits per heavy atom. The average Bonchev–Trinajstić information content (AvgIpc) is 2.83. The largest absolute Gasteiger partial charge is 0.382 e. The summed E-state index contributed by atoms with van der Waals surface area (Å²) in [6, 6.07) is 13.1. The summed E-state index contributed by atoms with van der Waals surface area (Å²) in [5, 5.41) is 3.40. The summed E-state index contributed by atoms with van der Waals surface area (Å²) in [7, 11) is 0. The number of fused-ring (bicyclic) bond motifs is 1. The fourth-order valence-corrected chi connectivity index (χ4v) is 3.01. The predicted octanol–water partition coefficient (Wildman–Crippen LogP) is 4.06. The molecule has 0 spiro atoms. The van der Waals surface area contributed by atoms with Crippen LogP contribution in [0.2, 0.25) is 0 Å². The summed E-state index contributed by atoms with van der Waals surface area (Å²) < 4.78 is 14.4. The molecule has 0 unspecified atom stereocenters. The molecule has 0 saturated carbocycles. The van der Waals surface area contributed by atoms with Crippen molar-refractivity contribution in [3.63, 3.8) is 0 Å². The van der Waals surface area contributed by atoms with Gasteiger partial charge in [-0.05, 0) is 52.2 Å². The zero-order valence-electron chi connectivity index (χ0n) is 11.1. The Morgan fingerprint density at radius 1 is 1.20 bits per heavy atom. The van der Waals surface area contributed by atoms with Crippen LogP contribution in [0.5, 0.6) is 0 Å². The van der Waals surface area contributed by atoms with E-state index in [-0.39, 0.29) is 5.82 Å². The number of benzene rings is 2. The van der Waals surface area contributed by atoms with Crippen molar-refractivity contribution < 1.29 is 4.39 Å². The second-order valence-electron chi connectivity index (χ2n) is 4.92. The lowest BCUT2D eigenvalue weighted by Gasteiger charge is -2.20. The highest BCUT2D eigenvalue weighted by Gasteiger charge is 2.18. The van der Waals surface area contributed by atoms with Crippen LogP contribution in [0.15, 0.2) is 46.9 Å². The van der Waals surface area contributed by atoms with Crippen molar-refractivity contribution in [2.45, 2.75) is 6.42 Å². The molecule has 0 amide bonds. The summed E-state index contributed by atoms with van der Waals surface area (Å²) >= 11 is 3.52. The number of hydrogen-bond donors (Lipinski definition) is 1. The van der Waals surface area contributed by atoms with Gasteiger partial charge in [0.15, 0.2) is 0 Å². The Balaban J connectivity index is 1.61. The van der Waals surface area contributed by atoms with Crippen molar-refractivity contribution in [2.75, 3.05) is 29.9 Å². The predicted molar refractivity (Wildman–Crippen MR) is 84.9 cm³/mol. The Labute approximate surface area is 126 Å². The molecule has 4 heteroatoms. The van der Waals surface area contributed by atoms with Crippen LogP contribution in [0.4, 0.5) is 15.8 Å². The van der Waals surface area contributed by atoms with Crippen molar-refractivity contribution in [1.82, 2.24) is 0 Å². The zero-order valence-corrected chi connectivity index (χ0v) is 12.7. The van der Waals surface area contributed by atoms with Gasteiger partial charge in [-0.2, -0.15) is 0 Å². The Morgan fingerprint density at radius 2 is 2.05 bits per heavy atom. The van der Waals surface area contributed by atoms with E-state index in [9.17, 15) is 4.39 Å². The van der Waals surface area contributed by atoms with E-state index in [1.165, 1.54) is 5.56 Å². The molecule has 104 valence electrons. The zero-order chi connectivity index (χ0) is 13.9. The summed E-state index contributed by atoms with van der Waals surface area (Å²) in [5.74, 6) is -0.158. The number of anilines is 2. The number of rotatable bonds is 4. The van der Waals surface area contributed by atoms with Crippen LogP contribution in [0.1, 0.15) is 5.56 Å². The Bertz CT molecular complexity index is 615. The number of hydrogen-bond acceptors (Lipinski definition) is 2. The number of nitrogens with zero attached hydrogens (tertiary/aromatic N) is 1. The van der Waals surface area contributed by atoms with Crippen LogP contribution in [-0.2, 0) is 6.42 Å². The molecule has 3 rings (SSSR count). The van der Waals surface area contributed by atoms with Gasteiger partial charge >= 0.3 is 0 Å². The second kappa shape index (κ2) is 5.83. The van der Waals surface area contributed by atoms with E-state index in [0.29, 0.717) is 0 Å². The van der Waals surface area contributed by atoms with Gasteiger partial charge in [-0.25, -0.2) is 4.39 Å². The smallest absolute Gasteiger partial charge is 0.125 e. The van der Waals surface area contributed by atoms with E-state index < -0.39 is 0 Å². The maximum Gasteiger partial charge on any atom is 0.125 e. The molecular weight excluding hydrogens is 319 g/mol. The Hall–Kier alpha value is -1.55. The molecule has 20 heavy (non-hydrogen) atoms. The van der Waals surface area contributed by atoms with E-state index in [1.54, 1.807) is 12.1 Å². The highest BCUT2D eigenvalue weighted by molar-refractivity contribution is 9.10. The van der Waals surface area contributed by atoms with E-state index in [4.69, 9.17) is 0 Å². The van der Waals surface area contributed by atoms with Gasteiger partial charge in [0.1, 0.15) is 5.82 Å². The topological polar surface area (TPSA) is 15.3 Å². The summed E-state index contributed by atoms with van der Waals surface area (Å²) in [6.07, 6.45) is 1.00. The van der Waals surface area contributed by atoms with Crippen LogP contribution >= 0.6 is 15.9 Å². The lowest BCUT2D eigenvalue weighted by molar-refractivity contribution is 0.627. The molecular formula is C16H16BrFN2. The minimum absolute atomic E-state index is 0.158. The van der Waals surface area contributed by atoms with E-state index in [2.05, 4.69) is 26.1 Å². The van der Waals surface area contributed by atoms with Crippen molar-refractivity contribution in [1.29, 1.82) is 0 Å². The molecule has 0 radical (unpaired) electrons. The van der Waals surface area contributed by atoms with Gasteiger partial charge in [-0.3, -0.25) is 0 Å². The number of para-hydroxylation sites is 1. The van der Waals surface area contributed by atoms with Crippen LogP contribution in [0.25, 0.3) is 0 Å². The quantitative estimate of drug-likeness (QED) is 0.906. The third kappa shape index (κ3) is 2.80. The highest BCUT2D eigenvalue weighted by atomic mass is 79.9. The number of halogens is 2. The Kier molecular flexibility index (Phi) is 3.92. The van der Waals surface area contributed by atoms with Gasteiger partial charge in [0.25, 0.3) is 0 Å². The van der Waals surface area contributed by atoms with E-state index >= 15 is 0 Å². The molecule has 1 aliphatic rings. The molecule has 0 bridgehead atoms. The molecule has 2 aromatic rings. The van der Waals surface area contributed by atoms with E-state index in [1.807, 2.05) is 30.3 Å². The van der Waals surface area contributed by atoms with Gasteiger partial charge in [0.05, 0.1) is 0 Å². The van der Waals surface area contributed by atoms with Crippen LogP contribution < -0.4 is 10.2 Å². The maximum atomic E-state index is 13.3. The second-order valence-corrected chi connectivity index (χ2v) is 5.77. The SMILES string of the molecule is Fc1ccc2c(c1)N(CCNc1ccccc1Br)CC2. The average molecular weight is 335 g/mol. The van der Waals surface area contributed by atoms with Crippen molar-refractivity contribution in [3.8, 4) is 0 Å². The van der Waals surface area contributed by atoms with Crippen molar-refractivity contribution in [2.24, 2.45) is 0 Å². The van der Waals surface area contributed by atoms with Gasteiger partial charge in [-0.1, -0.05) is 18.2 Å². The lowest BCUT2D eigenvalue weighted by Crippen LogP contribution is -2.27. The van der Waals surface area contributed by atoms with Gasteiger partial charge in [0, 0.05) is 35.5 Å². The number of nitrogens with one attached hydrogen (secondary N) is 1. The molecule has 0 saturated heterocycles. The summed E-state index contributed by atoms with van der Waals surface area (Å²) in [5.41, 5.74) is 3.37. The fraction of sp³-hybridized carbons (Fsp3) is 0.250. The molecule has 1 N–H and O–H groups in total. The molecule has 1 heterocycles. The molecule has 2 aromatic carbocycles. The first kappa shape index (κ1) is 13.4. The van der Waals surface area contributed by atoms with E-state index in [0.717, 1.165) is 41.9 Å². The lowest BCUT2D eigenvalue weighted by atomic mass is 10.2. The minimum atomic E-state index is -0.158. The molecule has 1 aliphatic heterocycles. The monoisotopic (exact) mass is 334 g/mol. The first-order valence-corrected chi connectivity index (χ1v) is 7.55. The van der Waals surface area contributed by atoms with Gasteiger partial charge in [-0.15, -0.1) is 0 Å². The highest BCUT2D eigenvalue weighted by Crippen LogP contribution is 2.28. The van der Waals surface area contributed by atoms with Crippen molar-refractivity contribution in [3.05, 3.63) is 58.3 Å². The van der Waals surface area contributed by atoms with Crippen LogP contribution in [-0.4, -0.2) is 19.6 Å².